The van der Waals surface area contributed by atoms with Crippen molar-refractivity contribution in [3.05, 3.63) is 96.4 Å². The van der Waals surface area contributed by atoms with Crippen LogP contribution in [-0.4, -0.2) is 36.3 Å². The van der Waals surface area contributed by atoms with Crippen LogP contribution in [0.25, 0.3) is 10.2 Å². The second-order valence-electron chi connectivity index (χ2n) is 7.10. The monoisotopic (exact) mass is 467 g/mol. The number of allylic oxidation sites excluding steroid dienone is 1. The van der Waals surface area contributed by atoms with Gasteiger partial charge in [0.05, 0.1) is 15.1 Å². The molecule has 0 N–H and O–H groups in total. The number of aryl methyl sites for hydroxylation is 1. The Hall–Kier alpha value is -3.07. The SMILES string of the molecule is C=CCN(CC=C)S(=O)(=O)c1ccc(C(=O)N=c2sc3cc(C)ccc3n2CC=C)cc1. The zero-order valence-electron chi connectivity index (χ0n) is 17.9. The van der Waals surface area contributed by atoms with Gasteiger partial charge in [0.25, 0.3) is 5.91 Å². The number of aromatic nitrogens is 1. The number of carbonyl (C=O) groups is 1. The zero-order chi connectivity index (χ0) is 23.3. The van der Waals surface area contributed by atoms with E-state index in [-0.39, 0.29) is 18.0 Å². The van der Waals surface area contributed by atoms with Crippen LogP contribution in [-0.2, 0) is 16.6 Å². The Morgan fingerprint density at radius 2 is 1.72 bits per heavy atom. The molecule has 0 aliphatic heterocycles. The van der Waals surface area contributed by atoms with Crippen LogP contribution in [0.4, 0.5) is 0 Å². The van der Waals surface area contributed by atoms with Crippen molar-refractivity contribution in [2.75, 3.05) is 13.1 Å². The first kappa shape index (κ1) is 23.6. The van der Waals surface area contributed by atoms with Crippen LogP contribution in [0.2, 0.25) is 0 Å². The topological polar surface area (TPSA) is 71.7 Å². The average Bonchev–Trinajstić information content (AvgIpc) is 3.09. The molecule has 0 atom stereocenters. The molecule has 0 spiro atoms. The van der Waals surface area contributed by atoms with E-state index in [2.05, 4.69) is 30.8 Å². The molecule has 3 aromatic rings. The highest BCUT2D eigenvalue weighted by atomic mass is 32.2. The van der Waals surface area contributed by atoms with E-state index >= 15 is 0 Å². The van der Waals surface area contributed by atoms with Crippen molar-refractivity contribution in [2.24, 2.45) is 4.99 Å². The minimum absolute atomic E-state index is 0.0943. The Morgan fingerprint density at radius 3 is 2.31 bits per heavy atom. The fourth-order valence-corrected chi connectivity index (χ4v) is 5.72. The van der Waals surface area contributed by atoms with Crippen molar-refractivity contribution < 1.29 is 13.2 Å². The predicted molar refractivity (Wildman–Crippen MR) is 130 cm³/mol. The van der Waals surface area contributed by atoms with E-state index in [1.807, 2.05) is 23.6 Å². The fourth-order valence-electron chi connectivity index (χ4n) is 3.20. The lowest BCUT2D eigenvalue weighted by Gasteiger charge is -2.19. The number of benzene rings is 2. The molecule has 8 heteroatoms. The molecule has 0 unspecified atom stereocenters. The van der Waals surface area contributed by atoms with Crippen molar-refractivity contribution in [2.45, 2.75) is 18.4 Å². The van der Waals surface area contributed by atoms with Crippen LogP contribution < -0.4 is 4.80 Å². The van der Waals surface area contributed by atoms with Gasteiger partial charge >= 0.3 is 0 Å². The molecule has 1 aromatic heterocycles. The van der Waals surface area contributed by atoms with Crippen molar-refractivity contribution in [3.8, 4) is 0 Å². The summed E-state index contributed by atoms with van der Waals surface area (Å²) in [5.74, 6) is -0.441. The van der Waals surface area contributed by atoms with Gasteiger partial charge in [0.1, 0.15) is 0 Å². The lowest BCUT2D eigenvalue weighted by atomic mass is 10.2. The van der Waals surface area contributed by atoms with E-state index in [0.29, 0.717) is 16.9 Å². The van der Waals surface area contributed by atoms with Crippen molar-refractivity contribution >= 4 is 37.5 Å². The van der Waals surface area contributed by atoms with Crippen molar-refractivity contribution in [1.29, 1.82) is 0 Å². The number of amides is 1. The molecule has 0 saturated heterocycles. The molecule has 0 aliphatic rings. The minimum atomic E-state index is -3.73. The number of hydrogen-bond acceptors (Lipinski definition) is 4. The molecule has 2 aromatic carbocycles. The summed E-state index contributed by atoms with van der Waals surface area (Å²) < 4.78 is 29.9. The molecule has 32 heavy (non-hydrogen) atoms. The van der Waals surface area contributed by atoms with Gasteiger partial charge in [-0.3, -0.25) is 4.79 Å². The van der Waals surface area contributed by atoms with E-state index in [1.165, 1.54) is 52.1 Å². The first-order valence-corrected chi connectivity index (χ1v) is 12.2. The summed E-state index contributed by atoms with van der Waals surface area (Å²) in [5, 5.41) is 0. The van der Waals surface area contributed by atoms with E-state index in [4.69, 9.17) is 0 Å². The zero-order valence-corrected chi connectivity index (χ0v) is 19.5. The normalized spacial score (nSPS) is 12.2. The molecule has 0 radical (unpaired) electrons. The summed E-state index contributed by atoms with van der Waals surface area (Å²) in [5.41, 5.74) is 2.42. The Kier molecular flexibility index (Phi) is 7.40. The quantitative estimate of drug-likeness (QED) is 0.441. The summed E-state index contributed by atoms with van der Waals surface area (Å²) in [6, 6.07) is 11.9. The van der Waals surface area contributed by atoms with E-state index in [9.17, 15) is 13.2 Å². The molecular formula is C24H25N3O3S2. The molecule has 0 bridgehead atoms. The Balaban J connectivity index is 1.97. The van der Waals surface area contributed by atoms with Crippen LogP contribution in [0.5, 0.6) is 0 Å². The number of sulfonamides is 1. The summed E-state index contributed by atoms with van der Waals surface area (Å²) in [6.45, 7) is 13.9. The van der Waals surface area contributed by atoms with Gasteiger partial charge in [-0.1, -0.05) is 35.6 Å². The number of carbonyl (C=O) groups excluding carboxylic acids is 1. The predicted octanol–water partition coefficient (Wildman–Crippen LogP) is 4.30. The molecule has 1 heterocycles. The van der Waals surface area contributed by atoms with E-state index < -0.39 is 15.9 Å². The Bertz CT molecular complexity index is 1340. The van der Waals surface area contributed by atoms with Crippen LogP contribution in [0, 0.1) is 6.92 Å². The van der Waals surface area contributed by atoms with E-state index in [0.717, 1.165) is 15.8 Å². The van der Waals surface area contributed by atoms with Crippen LogP contribution in [0.15, 0.2) is 90.3 Å². The average molecular weight is 468 g/mol. The maximum absolute atomic E-state index is 12.8. The number of nitrogens with zero attached hydrogens (tertiary/aromatic N) is 3. The Morgan fingerprint density at radius 1 is 1.06 bits per heavy atom. The second kappa shape index (κ2) is 10.0. The minimum Gasteiger partial charge on any atom is -0.312 e. The molecule has 3 rings (SSSR count). The molecule has 0 aliphatic carbocycles. The van der Waals surface area contributed by atoms with Gasteiger partial charge in [-0.15, -0.1) is 19.7 Å². The number of rotatable bonds is 9. The van der Waals surface area contributed by atoms with Crippen molar-refractivity contribution in [1.82, 2.24) is 8.87 Å². The highest BCUT2D eigenvalue weighted by Crippen LogP contribution is 2.20. The standard InChI is InChI=1S/C24H25N3O3S2/c1-5-14-26(15-6-2)32(29,30)20-11-9-19(10-12-20)23(28)25-24-27(16-7-3)21-13-8-18(4)17-22(21)31-24/h5-13,17H,1-3,14-16H2,4H3. The summed E-state index contributed by atoms with van der Waals surface area (Å²) in [4.78, 5) is 17.8. The molecule has 6 nitrogen and oxygen atoms in total. The first-order chi connectivity index (χ1) is 15.3. The lowest BCUT2D eigenvalue weighted by molar-refractivity contribution is 0.0998. The maximum atomic E-state index is 12.8. The molecule has 1 amide bonds. The van der Waals surface area contributed by atoms with Gasteiger partial charge < -0.3 is 4.57 Å². The van der Waals surface area contributed by atoms with Gasteiger partial charge in [-0.25, -0.2) is 8.42 Å². The maximum Gasteiger partial charge on any atom is 0.279 e. The molecule has 0 saturated carbocycles. The number of fused-ring (bicyclic) bond motifs is 1. The van der Waals surface area contributed by atoms with E-state index in [1.54, 1.807) is 6.08 Å². The molecule has 166 valence electrons. The molecular weight excluding hydrogens is 442 g/mol. The van der Waals surface area contributed by atoms with Gasteiger partial charge in [0.2, 0.25) is 10.0 Å². The summed E-state index contributed by atoms with van der Waals surface area (Å²) in [6.07, 6.45) is 4.79. The number of hydrogen-bond donors (Lipinski definition) is 0. The van der Waals surface area contributed by atoms with Gasteiger partial charge in [-0.2, -0.15) is 9.30 Å². The third kappa shape index (κ3) is 4.88. The van der Waals surface area contributed by atoms with Gasteiger partial charge in [-0.05, 0) is 48.9 Å². The first-order valence-electron chi connectivity index (χ1n) is 9.93. The molecule has 0 fully saturated rings. The second-order valence-corrected chi connectivity index (χ2v) is 10.0. The summed E-state index contributed by atoms with van der Waals surface area (Å²) >= 11 is 1.43. The largest absolute Gasteiger partial charge is 0.312 e. The third-order valence-electron chi connectivity index (χ3n) is 4.75. The van der Waals surface area contributed by atoms with Gasteiger partial charge in [0.15, 0.2) is 4.80 Å². The highest BCUT2D eigenvalue weighted by molar-refractivity contribution is 7.89. The third-order valence-corrected chi connectivity index (χ3v) is 7.64. The van der Waals surface area contributed by atoms with Crippen molar-refractivity contribution in [3.63, 3.8) is 0 Å². The fraction of sp³-hybridized carbons (Fsp3) is 0.167. The Labute approximate surface area is 192 Å². The van der Waals surface area contributed by atoms with Crippen LogP contribution in [0.3, 0.4) is 0 Å². The smallest absolute Gasteiger partial charge is 0.279 e. The number of thiazole rings is 1. The van der Waals surface area contributed by atoms with Crippen LogP contribution in [0.1, 0.15) is 15.9 Å². The lowest BCUT2D eigenvalue weighted by Crippen LogP contribution is -2.31. The summed E-state index contributed by atoms with van der Waals surface area (Å²) in [7, 11) is -3.73. The highest BCUT2D eigenvalue weighted by Gasteiger charge is 2.22. The van der Waals surface area contributed by atoms with Crippen LogP contribution >= 0.6 is 11.3 Å². The van der Waals surface area contributed by atoms with Gasteiger partial charge in [0, 0.05) is 25.2 Å².